The lowest BCUT2D eigenvalue weighted by Gasteiger charge is -2.17. The molecule has 0 fully saturated rings. The maximum Gasteiger partial charge on any atom is 0.253 e. The predicted octanol–water partition coefficient (Wildman–Crippen LogP) is 8.94. The Balaban J connectivity index is 1.56. The van der Waals surface area contributed by atoms with E-state index in [0.717, 1.165) is 0 Å². The van der Waals surface area contributed by atoms with Crippen molar-refractivity contribution in [3.8, 4) is 44.5 Å². The summed E-state index contributed by atoms with van der Waals surface area (Å²) in [7, 11) is 26.0. The van der Waals surface area contributed by atoms with Gasteiger partial charge in [0.15, 0.2) is 0 Å². The summed E-state index contributed by atoms with van der Waals surface area (Å²) in [6.45, 7) is 0. The molecular formula is C68H70N12O8. The first-order valence-corrected chi connectivity index (χ1v) is 28.0. The summed E-state index contributed by atoms with van der Waals surface area (Å²) < 4.78 is 0. The Labute approximate surface area is 510 Å². The van der Waals surface area contributed by atoms with Crippen LogP contribution in [0.25, 0.3) is 90.9 Å². The van der Waals surface area contributed by atoms with Gasteiger partial charge in [0.2, 0.25) is 0 Å². The fourth-order valence-electron chi connectivity index (χ4n) is 10.6. The number of H-pyrrole nitrogens is 2. The van der Waals surface area contributed by atoms with Crippen molar-refractivity contribution in [1.82, 2.24) is 59.1 Å². The highest BCUT2D eigenvalue weighted by molar-refractivity contribution is 6.09. The average Bonchev–Trinajstić information content (AvgIpc) is 2.30. The number of fused-ring (bicyclic) bond motifs is 8. The highest BCUT2D eigenvalue weighted by Crippen LogP contribution is 2.41. The molecule has 0 aliphatic carbocycles. The van der Waals surface area contributed by atoms with Gasteiger partial charge in [-0.25, -0.2) is 9.97 Å². The number of rotatable bonds is 12. The molecule has 8 amide bonds. The number of nitrogens with one attached hydrogen (secondary N) is 2. The van der Waals surface area contributed by atoms with E-state index in [4.69, 9.17) is 9.97 Å². The number of amides is 8. The molecule has 4 aromatic carbocycles. The zero-order chi connectivity index (χ0) is 64.1. The van der Waals surface area contributed by atoms with E-state index in [-0.39, 0.29) is 91.8 Å². The Morgan fingerprint density at radius 3 is 0.534 bits per heavy atom. The van der Waals surface area contributed by atoms with Crippen LogP contribution < -0.4 is 0 Å². The van der Waals surface area contributed by atoms with E-state index >= 15 is 0 Å². The van der Waals surface area contributed by atoms with Crippen molar-refractivity contribution < 1.29 is 38.4 Å². The number of carbonyl (C=O) groups excluding carboxylic acids is 8. The minimum atomic E-state index is -0.364. The van der Waals surface area contributed by atoms with Gasteiger partial charge < -0.3 is 49.2 Å². The first kappa shape index (κ1) is 61.8. The number of hydrogen-bond donors (Lipinski definition) is 2. The summed E-state index contributed by atoms with van der Waals surface area (Å²) in [5.41, 5.74) is 8.73. The standard InChI is InChI=1S/C68H70N12O8/c1-73(2)61(81)41-25-37(26-42(33-41)62(82)74(3)4)57-49-17-19-51(69-49)58(38-27-43(63(83)75(5)6)34-44(28-38)64(84)76(7)8)53-21-23-55(71-53)60(40-31-47(67(87)79(13)14)36-48(32-40)68(88)80(15)16)56-24-22-54(72-56)59(52-20-18-50(57)70-52)39-29-45(65(85)77(9)10)35-46(30-39)66(86)78(11)12/h17-36,69,72H,1-16H3. The number of aromatic nitrogens is 4. The Morgan fingerprint density at radius 1 is 0.250 bits per heavy atom. The van der Waals surface area contributed by atoms with Crippen LogP contribution in [0.5, 0.6) is 0 Å². The molecule has 7 aromatic rings. The second-order valence-electron chi connectivity index (χ2n) is 23.3. The monoisotopic (exact) mass is 1180 g/mol. The maximum atomic E-state index is 14.1. The van der Waals surface area contributed by atoms with Crippen LogP contribution in [0, 0.1) is 0 Å². The number of hydrogen-bond acceptors (Lipinski definition) is 10. The highest BCUT2D eigenvalue weighted by Gasteiger charge is 2.27. The molecule has 9 rings (SSSR count). The summed E-state index contributed by atoms with van der Waals surface area (Å²) in [5.74, 6) is -2.91. The van der Waals surface area contributed by atoms with Crippen molar-refractivity contribution in [1.29, 1.82) is 0 Å². The zero-order valence-electron chi connectivity index (χ0n) is 52.3. The maximum absolute atomic E-state index is 14.1. The molecule has 0 unspecified atom stereocenters. The Kier molecular flexibility index (Phi) is 17.1. The number of aromatic amines is 2. The molecule has 0 saturated carbocycles. The zero-order valence-corrected chi connectivity index (χ0v) is 52.3. The third-order valence-electron chi connectivity index (χ3n) is 14.9. The van der Waals surface area contributed by atoms with Gasteiger partial charge >= 0.3 is 0 Å². The van der Waals surface area contributed by atoms with Gasteiger partial charge in [-0.05, 0) is 144 Å². The first-order valence-electron chi connectivity index (χ1n) is 28.0. The first-order chi connectivity index (χ1) is 41.5. The Hall–Kier alpha value is -10.8. The fraction of sp³-hybridized carbons (Fsp3) is 0.235. The smallest absolute Gasteiger partial charge is 0.253 e. The van der Waals surface area contributed by atoms with Gasteiger partial charge in [0.05, 0.1) is 22.8 Å². The third kappa shape index (κ3) is 12.1. The molecule has 8 bridgehead atoms. The predicted molar refractivity (Wildman–Crippen MR) is 345 cm³/mol. The van der Waals surface area contributed by atoms with Crippen molar-refractivity contribution >= 4 is 93.6 Å². The highest BCUT2D eigenvalue weighted by atomic mass is 16.2. The number of benzene rings is 4. The van der Waals surface area contributed by atoms with Crippen molar-refractivity contribution in [2.24, 2.45) is 0 Å². The van der Waals surface area contributed by atoms with Crippen molar-refractivity contribution in [3.05, 3.63) is 164 Å². The quantitative estimate of drug-likeness (QED) is 0.118. The van der Waals surface area contributed by atoms with Gasteiger partial charge in [-0.1, -0.05) is 0 Å². The molecule has 5 heterocycles. The molecule has 2 N–H and O–H groups in total. The van der Waals surface area contributed by atoms with Crippen molar-refractivity contribution in [3.63, 3.8) is 0 Å². The molecule has 0 atom stereocenters. The van der Waals surface area contributed by atoms with Crippen LogP contribution in [0.4, 0.5) is 0 Å². The Bertz CT molecular complexity index is 3670. The molecular weight excluding hydrogens is 1110 g/mol. The molecule has 0 saturated heterocycles. The molecule has 2 aliphatic rings. The van der Waals surface area contributed by atoms with Gasteiger partial charge in [0.25, 0.3) is 47.3 Å². The normalized spacial score (nSPS) is 11.5. The molecule has 0 spiro atoms. The van der Waals surface area contributed by atoms with Crippen LogP contribution >= 0.6 is 0 Å². The average molecular weight is 1180 g/mol. The molecule has 20 nitrogen and oxygen atoms in total. The van der Waals surface area contributed by atoms with E-state index in [1.807, 2.05) is 24.3 Å². The summed E-state index contributed by atoms with van der Waals surface area (Å²) in [4.78, 5) is 142. The Morgan fingerprint density at radius 2 is 0.398 bits per heavy atom. The lowest BCUT2D eigenvalue weighted by Crippen LogP contribution is -2.24. The minimum absolute atomic E-state index is 0.223. The molecule has 0 radical (unpaired) electrons. The second kappa shape index (κ2) is 24.3. The molecule has 20 heteroatoms. The van der Waals surface area contributed by atoms with Gasteiger partial charge in [0, 0.05) is 202 Å². The molecule has 450 valence electrons. The number of carbonyl (C=O) groups is 8. The van der Waals surface area contributed by atoms with Crippen LogP contribution in [0.15, 0.2) is 97.1 Å². The molecule has 2 aliphatic heterocycles. The summed E-state index contributed by atoms with van der Waals surface area (Å²) in [6.07, 6.45) is 7.22. The van der Waals surface area contributed by atoms with Crippen LogP contribution in [0.2, 0.25) is 0 Å². The SMILES string of the molecule is CN(C)C(=O)c1cc(C(=O)N(C)C)cc(-c2c3nc(c(-c4cc(C(=O)N(C)C)cc(C(=O)N(C)C)c4)c4ccc([nH]4)c(-c4cc(C(=O)N(C)C)cc(C(=O)N(C)C)c4)c4nc(c(-c5cc(C(=O)N(C)C)cc(C(=O)N(C)C)c5)c5ccc2[nH]5)C=C4)C=C3)c1. The molecule has 88 heavy (non-hydrogen) atoms. The van der Waals surface area contributed by atoms with E-state index in [9.17, 15) is 38.4 Å². The van der Waals surface area contributed by atoms with Crippen molar-refractivity contribution in [2.75, 3.05) is 113 Å². The topological polar surface area (TPSA) is 220 Å². The lowest BCUT2D eigenvalue weighted by molar-refractivity contribution is 0.0812. The van der Waals surface area contributed by atoms with E-state index in [1.54, 1.807) is 210 Å². The van der Waals surface area contributed by atoms with E-state index in [0.29, 0.717) is 89.4 Å². The van der Waals surface area contributed by atoms with Gasteiger partial charge in [0.1, 0.15) is 0 Å². The van der Waals surface area contributed by atoms with Crippen LogP contribution in [0.3, 0.4) is 0 Å². The van der Waals surface area contributed by atoms with Crippen molar-refractivity contribution in [2.45, 2.75) is 0 Å². The van der Waals surface area contributed by atoms with Gasteiger partial charge in [-0.15, -0.1) is 0 Å². The minimum Gasteiger partial charge on any atom is -0.354 e. The van der Waals surface area contributed by atoms with E-state index in [2.05, 4.69) is 9.97 Å². The second-order valence-corrected chi connectivity index (χ2v) is 23.3. The largest absolute Gasteiger partial charge is 0.354 e. The van der Waals surface area contributed by atoms with E-state index in [1.165, 1.54) is 39.2 Å². The lowest BCUT2D eigenvalue weighted by atomic mass is 9.97. The summed E-state index contributed by atoms with van der Waals surface area (Å²) in [5, 5.41) is 0. The van der Waals surface area contributed by atoms with E-state index < -0.39 is 0 Å². The van der Waals surface area contributed by atoms with Crippen LogP contribution in [-0.2, 0) is 0 Å². The summed E-state index contributed by atoms with van der Waals surface area (Å²) >= 11 is 0. The third-order valence-corrected chi connectivity index (χ3v) is 14.9. The fourth-order valence-corrected chi connectivity index (χ4v) is 10.6. The van der Waals surface area contributed by atoms with Gasteiger partial charge in [-0.2, -0.15) is 0 Å². The number of nitrogens with zero attached hydrogens (tertiary/aromatic N) is 10. The van der Waals surface area contributed by atoms with Gasteiger partial charge in [-0.3, -0.25) is 38.4 Å². The van der Waals surface area contributed by atoms with Crippen LogP contribution in [0.1, 0.15) is 106 Å². The summed E-state index contributed by atoms with van der Waals surface area (Å²) in [6, 6.07) is 27.2. The molecule has 3 aromatic heterocycles. The van der Waals surface area contributed by atoms with Crippen LogP contribution in [-0.4, -0.2) is 219 Å².